The van der Waals surface area contributed by atoms with Crippen LogP contribution in [0.25, 0.3) is 11.0 Å². The first-order chi connectivity index (χ1) is 10.4. The fraction of sp³-hybridized carbons (Fsp3) is 0.143. The first-order valence-electron chi connectivity index (χ1n) is 6.38. The molecular formula is C14H13N3O3S2. The maximum atomic E-state index is 12.7. The zero-order chi connectivity index (χ0) is 15.9. The number of aromatic nitrogens is 2. The first kappa shape index (κ1) is 15.0. The van der Waals surface area contributed by atoms with Crippen LogP contribution in [-0.2, 0) is 21.2 Å². The molecular weight excluding hydrogens is 322 g/mol. The Kier molecular flexibility index (Phi) is 3.67. The second kappa shape index (κ2) is 5.38. The van der Waals surface area contributed by atoms with E-state index in [1.54, 1.807) is 30.3 Å². The fourth-order valence-corrected chi connectivity index (χ4v) is 3.97. The Morgan fingerprint density at radius 2 is 1.91 bits per heavy atom. The molecule has 0 amide bonds. The van der Waals surface area contributed by atoms with Gasteiger partial charge in [0.25, 0.3) is 10.0 Å². The summed E-state index contributed by atoms with van der Waals surface area (Å²) >= 11 is -1.38. The van der Waals surface area contributed by atoms with Crippen molar-refractivity contribution in [1.29, 1.82) is 0 Å². The van der Waals surface area contributed by atoms with Crippen LogP contribution in [0.3, 0.4) is 0 Å². The van der Waals surface area contributed by atoms with Gasteiger partial charge in [-0.1, -0.05) is 30.3 Å². The summed E-state index contributed by atoms with van der Waals surface area (Å²) in [5.74, 6) is 0.236. The third kappa shape index (κ3) is 2.39. The predicted molar refractivity (Wildman–Crippen MR) is 86.0 cm³/mol. The lowest BCUT2D eigenvalue weighted by atomic mass is 10.1. The van der Waals surface area contributed by atoms with Crippen molar-refractivity contribution < 1.29 is 13.0 Å². The van der Waals surface area contributed by atoms with E-state index in [0.717, 1.165) is 4.31 Å². The van der Waals surface area contributed by atoms with E-state index < -0.39 is 21.2 Å². The molecule has 1 atom stereocenters. The van der Waals surface area contributed by atoms with E-state index in [9.17, 15) is 13.0 Å². The third-order valence-corrected chi connectivity index (χ3v) is 5.83. The molecule has 0 bridgehead atoms. The Morgan fingerprint density at radius 1 is 1.23 bits per heavy atom. The van der Waals surface area contributed by atoms with E-state index in [0.29, 0.717) is 11.1 Å². The van der Waals surface area contributed by atoms with E-state index in [-0.39, 0.29) is 15.9 Å². The highest BCUT2D eigenvalue weighted by Crippen LogP contribution is 2.36. The second-order valence-corrected chi connectivity index (χ2v) is 7.94. The average molecular weight is 335 g/mol. The van der Waals surface area contributed by atoms with Crippen LogP contribution in [0.2, 0.25) is 0 Å². The fourth-order valence-electron chi connectivity index (χ4n) is 2.17. The maximum absolute atomic E-state index is 12.7. The van der Waals surface area contributed by atoms with Crippen molar-refractivity contribution in [2.75, 3.05) is 17.6 Å². The van der Waals surface area contributed by atoms with Gasteiger partial charge in [-0.2, -0.15) is 9.97 Å². The van der Waals surface area contributed by atoms with Gasteiger partial charge in [0.1, 0.15) is 6.26 Å². The Labute approximate surface area is 131 Å². The minimum atomic E-state index is -3.71. The molecule has 1 aliphatic heterocycles. The molecule has 22 heavy (non-hydrogen) atoms. The molecule has 0 saturated carbocycles. The summed E-state index contributed by atoms with van der Waals surface area (Å²) in [6, 6.07) is 8.85. The molecule has 0 aliphatic carbocycles. The zero-order valence-corrected chi connectivity index (χ0v) is 13.6. The number of hydrogen-bond acceptors (Lipinski definition) is 5. The topological polar surface area (TPSA) is 86.2 Å². The van der Waals surface area contributed by atoms with Crippen LogP contribution in [0.1, 0.15) is 11.1 Å². The molecule has 1 unspecified atom stereocenters. The Hall–Kier alpha value is -1.90. The van der Waals surface area contributed by atoms with Crippen molar-refractivity contribution in [3.05, 3.63) is 47.7 Å². The van der Waals surface area contributed by atoms with Crippen LogP contribution in [0.15, 0.2) is 41.7 Å². The van der Waals surface area contributed by atoms with Crippen LogP contribution in [0, 0.1) is 0 Å². The summed E-state index contributed by atoms with van der Waals surface area (Å²) < 4.78 is 37.9. The van der Waals surface area contributed by atoms with Crippen molar-refractivity contribution >= 4 is 38.0 Å². The second-order valence-electron chi connectivity index (χ2n) is 4.73. The molecule has 1 aromatic heterocycles. The van der Waals surface area contributed by atoms with Crippen molar-refractivity contribution in [2.24, 2.45) is 0 Å². The lowest BCUT2D eigenvalue weighted by Gasteiger charge is -2.26. The smallest absolute Gasteiger partial charge is 0.344 e. The van der Waals surface area contributed by atoms with Gasteiger partial charge in [-0.3, -0.25) is 4.31 Å². The van der Waals surface area contributed by atoms with Crippen molar-refractivity contribution in [2.45, 2.75) is 5.16 Å². The number of sulfonamides is 1. The summed E-state index contributed by atoms with van der Waals surface area (Å²) in [6.07, 6.45) is 4.49. The molecule has 0 fully saturated rings. The van der Waals surface area contributed by atoms with E-state index >= 15 is 0 Å². The van der Waals surface area contributed by atoms with Crippen molar-refractivity contribution in [3.8, 4) is 0 Å². The van der Waals surface area contributed by atoms with Gasteiger partial charge < -0.3 is 4.55 Å². The van der Waals surface area contributed by atoms with Gasteiger partial charge in [-0.15, -0.1) is 0 Å². The number of anilines is 1. The molecule has 2 heterocycles. The monoisotopic (exact) mass is 335 g/mol. The number of fused-ring (bicyclic) bond motifs is 1. The number of benzene rings is 1. The van der Waals surface area contributed by atoms with Crippen LogP contribution in [0.4, 0.5) is 5.82 Å². The molecule has 6 nitrogen and oxygen atoms in total. The van der Waals surface area contributed by atoms with E-state index in [1.165, 1.54) is 19.5 Å². The minimum absolute atomic E-state index is 0.109. The summed E-state index contributed by atoms with van der Waals surface area (Å²) in [6.45, 7) is 0. The van der Waals surface area contributed by atoms with E-state index in [4.69, 9.17) is 0 Å². The Balaban J connectivity index is 2.22. The maximum Gasteiger partial charge on any atom is 0.344 e. The molecule has 1 aliphatic rings. The average Bonchev–Trinajstić information content (AvgIpc) is 2.51. The number of hydrogen-bond donors (Lipinski definition) is 0. The summed E-state index contributed by atoms with van der Waals surface area (Å²) in [5, 5.41) is 0.109. The SMILES string of the molecule is CN1c2nc([S+](C)[O-])ncc2C=C(c2ccccc2)S1(=O)=O. The predicted octanol–water partition coefficient (Wildman–Crippen LogP) is 1.49. The normalized spacial score (nSPS) is 17.6. The summed E-state index contributed by atoms with van der Waals surface area (Å²) in [7, 11) is -2.28. The quantitative estimate of drug-likeness (QED) is 0.613. The lowest BCUT2D eigenvalue weighted by Crippen LogP contribution is -2.31. The largest absolute Gasteiger partial charge is 0.609 e. The van der Waals surface area contributed by atoms with Gasteiger partial charge in [0.2, 0.25) is 0 Å². The summed E-state index contributed by atoms with van der Waals surface area (Å²) in [4.78, 5) is 8.32. The van der Waals surface area contributed by atoms with Gasteiger partial charge >= 0.3 is 5.16 Å². The number of nitrogens with zero attached hydrogens (tertiary/aromatic N) is 3. The molecule has 0 radical (unpaired) electrons. The molecule has 0 N–H and O–H groups in total. The molecule has 1 aromatic carbocycles. The highest BCUT2D eigenvalue weighted by atomic mass is 32.2. The lowest BCUT2D eigenvalue weighted by molar-refractivity contribution is 0.590. The Morgan fingerprint density at radius 3 is 2.55 bits per heavy atom. The third-order valence-electron chi connectivity index (χ3n) is 3.31. The molecule has 3 rings (SSSR count). The van der Waals surface area contributed by atoms with Crippen LogP contribution >= 0.6 is 0 Å². The first-order valence-corrected chi connectivity index (χ1v) is 9.37. The highest BCUT2D eigenvalue weighted by Gasteiger charge is 2.33. The van der Waals surface area contributed by atoms with Crippen LogP contribution in [-0.4, -0.2) is 36.2 Å². The molecule has 0 spiro atoms. The summed E-state index contributed by atoms with van der Waals surface area (Å²) in [5.41, 5.74) is 1.17. The van der Waals surface area contributed by atoms with E-state index in [1.807, 2.05) is 6.07 Å². The molecule has 8 heteroatoms. The van der Waals surface area contributed by atoms with Crippen molar-refractivity contribution in [3.63, 3.8) is 0 Å². The van der Waals surface area contributed by atoms with Gasteiger partial charge in [-0.25, -0.2) is 8.42 Å². The zero-order valence-electron chi connectivity index (χ0n) is 11.9. The van der Waals surface area contributed by atoms with E-state index in [2.05, 4.69) is 9.97 Å². The van der Waals surface area contributed by atoms with Crippen molar-refractivity contribution in [1.82, 2.24) is 9.97 Å². The van der Waals surface area contributed by atoms with Gasteiger partial charge in [0.05, 0.1) is 4.91 Å². The molecule has 0 saturated heterocycles. The Bertz CT molecular complexity index is 849. The van der Waals surface area contributed by atoms with Gasteiger partial charge in [0, 0.05) is 30.0 Å². The van der Waals surface area contributed by atoms with Crippen LogP contribution in [0.5, 0.6) is 0 Å². The molecule has 114 valence electrons. The standard InChI is InChI=1S/C14H13N3O3S2/c1-17-13-11(9-15-14(16-13)21(2)18)8-12(22(17,19)20)10-6-4-3-5-7-10/h3-9H,1-2H3. The highest BCUT2D eigenvalue weighted by molar-refractivity contribution is 8.02. The van der Waals surface area contributed by atoms with Gasteiger partial charge in [0.15, 0.2) is 5.82 Å². The van der Waals surface area contributed by atoms with Crippen LogP contribution < -0.4 is 4.31 Å². The number of rotatable bonds is 2. The van der Waals surface area contributed by atoms with Gasteiger partial charge in [-0.05, 0) is 11.6 Å². The minimum Gasteiger partial charge on any atom is -0.609 e. The molecule has 2 aromatic rings.